The molecule has 2 aliphatic rings. The van der Waals surface area contributed by atoms with Crippen LogP contribution in [0, 0.1) is 5.92 Å². The van der Waals surface area contributed by atoms with Crippen molar-refractivity contribution in [2.75, 3.05) is 6.54 Å². The number of aliphatic carboxylic acids is 1. The highest BCUT2D eigenvalue weighted by Gasteiger charge is 2.38. The minimum Gasteiger partial charge on any atom is -0.481 e. The van der Waals surface area contributed by atoms with Gasteiger partial charge in [-0.3, -0.25) is 9.59 Å². The van der Waals surface area contributed by atoms with Crippen molar-refractivity contribution in [1.29, 1.82) is 0 Å². The Labute approximate surface area is 159 Å². The summed E-state index contributed by atoms with van der Waals surface area (Å²) in [6.45, 7) is 0.334. The summed E-state index contributed by atoms with van der Waals surface area (Å²) in [6.07, 6.45) is 4.35. The molecule has 1 saturated carbocycles. The number of amides is 1. The number of carbonyl (C=O) groups excluding carboxylic acids is 1. The number of benzene rings is 1. The fourth-order valence-corrected chi connectivity index (χ4v) is 5.64. The Morgan fingerprint density at radius 2 is 1.67 bits per heavy atom. The molecule has 0 bridgehead atoms. The highest BCUT2D eigenvalue weighted by Crippen LogP contribution is 2.27. The lowest BCUT2D eigenvalue weighted by Gasteiger charge is -2.35. The maximum atomic E-state index is 13.0. The lowest BCUT2D eigenvalue weighted by atomic mass is 9.86. The van der Waals surface area contributed by atoms with E-state index in [-0.39, 0.29) is 22.8 Å². The van der Waals surface area contributed by atoms with E-state index in [0.29, 0.717) is 38.6 Å². The van der Waals surface area contributed by atoms with Gasteiger partial charge in [-0.05, 0) is 50.7 Å². The van der Waals surface area contributed by atoms with E-state index in [1.165, 1.54) is 4.31 Å². The zero-order valence-corrected chi connectivity index (χ0v) is 16.0. The van der Waals surface area contributed by atoms with Gasteiger partial charge in [-0.15, -0.1) is 0 Å². The second kappa shape index (κ2) is 8.39. The zero-order valence-electron chi connectivity index (χ0n) is 15.2. The van der Waals surface area contributed by atoms with Crippen LogP contribution in [0.5, 0.6) is 0 Å². The maximum Gasteiger partial charge on any atom is 0.306 e. The summed E-state index contributed by atoms with van der Waals surface area (Å²) in [5.41, 5.74) is 0. The molecule has 148 valence electrons. The summed E-state index contributed by atoms with van der Waals surface area (Å²) in [6, 6.07) is 7.41. The number of piperidine rings is 1. The first-order valence-corrected chi connectivity index (χ1v) is 10.9. The van der Waals surface area contributed by atoms with Gasteiger partial charge in [0, 0.05) is 12.6 Å². The predicted molar refractivity (Wildman–Crippen MR) is 99.5 cm³/mol. The second-order valence-electron chi connectivity index (χ2n) is 7.34. The summed E-state index contributed by atoms with van der Waals surface area (Å²) in [5, 5.41) is 12.0. The van der Waals surface area contributed by atoms with E-state index in [9.17, 15) is 18.0 Å². The number of nitrogens with zero attached hydrogens (tertiary/aromatic N) is 1. The number of rotatable bonds is 5. The van der Waals surface area contributed by atoms with Gasteiger partial charge in [0.1, 0.15) is 6.04 Å². The first-order valence-electron chi connectivity index (χ1n) is 9.49. The van der Waals surface area contributed by atoms with Crippen molar-refractivity contribution in [1.82, 2.24) is 9.62 Å². The SMILES string of the molecule is O=C(O)C1CCC(NC(=O)C2CCCCN2S(=O)(=O)c2ccccc2)CC1. The normalized spacial score (nSPS) is 27.0. The number of sulfonamides is 1. The summed E-state index contributed by atoms with van der Waals surface area (Å²) in [5.74, 6) is -1.40. The van der Waals surface area contributed by atoms with E-state index in [1.807, 2.05) is 0 Å². The Kier molecular flexibility index (Phi) is 6.16. The van der Waals surface area contributed by atoms with E-state index in [2.05, 4.69) is 5.32 Å². The third kappa shape index (κ3) is 4.50. The molecule has 1 aliphatic heterocycles. The molecule has 8 heteroatoms. The highest BCUT2D eigenvalue weighted by atomic mass is 32.2. The molecule has 1 saturated heterocycles. The van der Waals surface area contributed by atoms with Gasteiger partial charge in [0.25, 0.3) is 0 Å². The summed E-state index contributed by atoms with van der Waals surface area (Å²) < 4.78 is 27.3. The molecule has 2 fully saturated rings. The van der Waals surface area contributed by atoms with Gasteiger partial charge < -0.3 is 10.4 Å². The van der Waals surface area contributed by atoms with Crippen LogP contribution in [0.3, 0.4) is 0 Å². The van der Waals surface area contributed by atoms with Gasteiger partial charge >= 0.3 is 5.97 Å². The Hall–Kier alpha value is -1.93. The molecule has 3 rings (SSSR count). The van der Waals surface area contributed by atoms with Crippen LogP contribution >= 0.6 is 0 Å². The summed E-state index contributed by atoms with van der Waals surface area (Å²) in [7, 11) is -3.72. The van der Waals surface area contributed by atoms with Crippen LogP contribution in [0.1, 0.15) is 44.9 Å². The quantitative estimate of drug-likeness (QED) is 0.795. The lowest BCUT2D eigenvalue weighted by molar-refractivity contribution is -0.142. The van der Waals surface area contributed by atoms with E-state index in [4.69, 9.17) is 5.11 Å². The van der Waals surface area contributed by atoms with Gasteiger partial charge in [0.05, 0.1) is 10.8 Å². The largest absolute Gasteiger partial charge is 0.481 e. The van der Waals surface area contributed by atoms with Crippen LogP contribution in [-0.4, -0.2) is 48.3 Å². The van der Waals surface area contributed by atoms with Gasteiger partial charge in [0.2, 0.25) is 15.9 Å². The molecule has 0 radical (unpaired) electrons. The van der Waals surface area contributed by atoms with Crippen LogP contribution in [0.25, 0.3) is 0 Å². The average molecular weight is 394 g/mol. The number of hydrogen-bond acceptors (Lipinski definition) is 4. The first kappa shape index (κ1) is 19.8. The van der Waals surface area contributed by atoms with Crippen molar-refractivity contribution in [3.05, 3.63) is 30.3 Å². The third-order valence-electron chi connectivity index (χ3n) is 5.53. The second-order valence-corrected chi connectivity index (χ2v) is 9.23. The molecule has 1 aromatic rings. The molecule has 1 heterocycles. The standard InChI is InChI=1S/C19H26N2O5S/c22-18(20-15-11-9-14(10-12-15)19(23)24)17-8-4-5-13-21(17)27(25,26)16-6-2-1-3-7-16/h1-3,6-7,14-15,17H,4-5,8-13H2,(H,20,22)(H,23,24). The Morgan fingerprint density at radius 1 is 1.00 bits per heavy atom. The molecule has 2 N–H and O–H groups in total. The average Bonchev–Trinajstić information content (AvgIpc) is 2.69. The van der Waals surface area contributed by atoms with Crippen LogP contribution in [0.15, 0.2) is 35.2 Å². The van der Waals surface area contributed by atoms with Gasteiger partial charge in [-0.1, -0.05) is 24.6 Å². The van der Waals surface area contributed by atoms with Gasteiger partial charge in [0.15, 0.2) is 0 Å². The molecule has 1 aromatic carbocycles. The van der Waals surface area contributed by atoms with E-state index < -0.39 is 22.0 Å². The van der Waals surface area contributed by atoms with Crippen molar-refractivity contribution in [3.63, 3.8) is 0 Å². The molecule has 1 unspecified atom stereocenters. The smallest absolute Gasteiger partial charge is 0.306 e. The Morgan fingerprint density at radius 3 is 2.30 bits per heavy atom. The number of nitrogens with one attached hydrogen (secondary N) is 1. The molecule has 0 aromatic heterocycles. The van der Waals surface area contributed by atoms with Crippen LogP contribution < -0.4 is 5.32 Å². The summed E-state index contributed by atoms with van der Waals surface area (Å²) >= 11 is 0. The Balaban J connectivity index is 1.68. The van der Waals surface area contributed by atoms with E-state index in [1.54, 1.807) is 30.3 Å². The molecule has 1 amide bonds. The predicted octanol–water partition coefficient (Wildman–Crippen LogP) is 1.99. The lowest BCUT2D eigenvalue weighted by Crippen LogP contribution is -2.54. The minimum absolute atomic E-state index is 0.0868. The van der Waals surface area contributed by atoms with Crippen LogP contribution in [0.2, 0.25) is 0 Å². The van der Waals surface area contributed by atoms with Gasteiger partial charge in [-0.2, -0.15) is 4.31 Å². The Bertz CT molecular complexity index is 773. The van der Waals surface area contributed by atoms with Crippen LogP contribution in [0.4, 0.5) is 0 Å². The number of carboxylic acid groups (broad SMARTS) is 1. The van der Waals surface area contributed by atoms with Crippen molar-refractivity contribution < 1.29 is 23.1 Å². The fourth-order valence-electron chi connectivity index (χ4n) is 3.96. The monoisotopic (exact) mass is 394 g/mol. The molecular weight excluding hydrogens is 368 g/mol. The number of carbonyl (C=O) groups is 2. The van der Waals surface area contributed by atoms with Crippen molar-refractivity contribution in [3.8, 4) is 0 Å². The van der Waals surface area contributed by atoms with Crippen molar-refractivity contribution in [2.24, 2.45) is 5.92 Å². The van der Waals surface area contributed by atoms with Crippen molar-refractivity contribution in [2.45, 2.75) is 61.9 Å². The van der Waals surface area contributed by atoms with E-state index in [0.717, 1.165) is 12.8 Å². The zero-order chi connectivity index (χ0) is 19.4. The van der Waals surface area contributed by atoms with Crippen molar-refractivity contribution >= 4 is 21.9 Å². The molecule has 1 atom stereocenters. The minimum atomic E-state index is -3.72. The molecular formula is C19H26N2O5S. The fraction of sp³-hybridized carbons (Fsp3) is 0.579. The first-order chi connectivity index (χ1) is 12.9. The highest BCUT2D eigenvalue weighted by molar-refractivity contribution is 7.89. The molecule has 1 aliphatic carbocycles. The molecule has 27 heavy (non-hydrogen) atoms. The van der Waals surface area contributed by atoms with Crippen LogP contribution in [-0.2, 0) is 19.6 Å². The molecule has 0 spiro atoms. The maximum absolute atomic E-state index is 13.0. The summed E-state index contributed by atoms with van der Waals surface area (Å²) in [4.78, 5) is 24.1. The third-order valence-corrected chi connectivity index (χ3v) is 7.45. The number of hydrogen-bond donors (Lipinski definition) is 2. The molecule has 7 nitrogen and oxygen atoms in total. The number of carboxylic acids is 1. The van der Waals surface area contributed by atoms with Gasteiger partial charge in [-0.25, -0.2) is 8.42 Å². The van der Waals surface area contributed by atoms with E-state index >= 15 is 0 Å². The topological polar surface area (TPSA) is 104 Å².